The molecular formula is C13H19N5O. The van der Waals surface area contributed by atoms with E-state index in [1.165, 1.54) is 0 Å². The molecule has 0 atom stereocenters. The van der Waals surface area contributed by atoms with E-state index in [0.717, 1.165) is 6.54 Å². The fraction of sp³-hybridized carbons (Fsp3) is 0.462. The SMILES string of the molecule is CCn1cc(Oc2cc(N)nc(C(C)(C)C)n2)cn1. The van der Waals surface area contributed by atoms with Gasteiger partial charge in [-0.2, -0.15) is 10.1 Å². The third-order valence-corrected chi connectivity index (χ3v) is 2.55. The first kappa shape index (κ1) is 13.3. The lowest BCUT2D eigenvalue weighted by molar-refractivity contribution is 0.446. The Morgan fingerprint density at radius 2 is 2.05 bits per heavy atom. The van der Waals surface area contributed by atoms with Gasteiger partial charge in [0.05, 0.1) is 12.4 Å². The van der Waals surface area contributed by atoms with Crippen molar-refractivity contribution in [2.24, 2.45) is 0 Å². The van der Waals surface area contributed by atoms with E-state index in [-0.39, 0.29) is 5.41 Å². The summed E-state index contributed by atoms with van der Waals surface area (Å²) in [5.41, 5.74) is 5.61. The maximum absolute atomic E-state index is 5.79. The molecule has 0 aromatic carbocycles. The quantitative estimate of drug-likeness (QED) is 0.917. The van der Waals surface area contributed by atoms with E-state index in [4.69, 9.17) is 10.5 Å². The standard InChI is InChI=1S/C13H19N5O/c1-5-18-8-9(7-15-18)19-11-6-10(14)16-12(17-11)13(2,3)4/h6-8H,5H2,1-4H3,(H2,14,16,17). The molecule has 0 aliphatic heterocycles. The zero-order valence-electron chi connectivity index (χ0n) is 11.7. The number of aryl methyl sites for hydroxylation is 1. The van der Waals surface area contributed by atoms with E-state index in [1.807, 2.05) is 33.9 Å². The Hall–Kier alpha value is -2.11. The predicted octanol–water partition coefficient (Wildman–Crippen LogP) is 2.37. The van der Waals surface area contributed by atoms with Crippen LogP contribution in [0.1, 0.15) is 33.5 Å². The van der Waals surface area contributed by atoms with Crippen LogP contribution in [0.3, 0.4) is 0 Å². The van der Waals surface area contributed by atoms with Gasteiger partial charge < -0.3 is 10.5 Å². The first-order valence-corrected chi connectivity index (χ1v) is 6.24. The van der Waals surface area contributed by atoms with Gasteiger partial charge in [0.2, 0.25) is 5.88 Å². The second-order valence-corrected chi connectivity index (χ2v) is 5.34. The molecule has 0 amide bonds. The highest BCUT2D eigenvalue weighted by molar-refractivity contribution is 5.36. The van der Waals surface area contributed by atoms with Gasteiger partial charge in [0.25, 0.3) is 0 Å². The molecule has 2 rings (SSSR count). The van der Waals surface area contributed by atoms with Gasteiger partial charge in [0.15, 0.2) is 5.75 Å². The maximum Gasteiger partial charge on any atom is 0.224 e. The van der Waals surface area contributed by atoms with Gasteiger partial charge in [-0.3, -0.25) is 4.68 Å². The lowest BCUT2D eigenvalue weighted by Gasteiger charge is -2.17. The Morgan fingerprint density at radius 3 is 2.63 bits per heavy atom. The van der Waals surface area contributed by atoms with Crippen molar-refractivity contribution < 1.29 is 4.74 Å². The molecule has 102 valence electrons. The minimum atomic E-state index is -0.179. The summed E-state index contributed by atoms with van der Waals surface area (Å²) in [7, 11) is 0. The van der Waals surface area contributed by atoms with Gasteiger partial charge in [-0.05, 0) is 6.92 Å². The van der Waals surface area contributed by atoms with Crippen LogP contribution in [0.5, 0.6) is 11.6 Å². The van der Waals surface area contributed by atoms with Gasteiger partial charge in [0.1, 0.15) is 11.6 Å². The van der Waals surface area contributed by atoms with Crippen LogP contribution in [0, 0.1) is 0 Å². The first-order valence-electron chi connectivity index (χ1n) is 6.24. The van der Waals surface area contributed by atoms with Crippen LogP contribution in [0.2, 0.25) is 0 Å². The number of nitrogen functional groups attached to an aromatic ring is 1. The molecule has 0 aliphatic carbocycles. The number of hydrogen-bond acceptors (Lipinski definition) is 5. The molecule has 0 spiro atoms. The van der Waals surface area contributed by atoms with Gasteiger partial charge >= 0.3 is 0 Å². The van der Waals surface area contributed by atoms with Gasteiger partial charge in [0, 0.05) is 18.0 Å². The highest BCUT2D eigenvalue weighted by atomic mass is 16.5. The van der Waals surface area contributed by atoms with Crippen LogP contribution >= 0.6 is 0 Å². The van der Waals surface area contributed by atoms with Gasteiger partial charge in [-0.25, -0.2) is 4.98 Å². The van der Waals surface area contributed by atoms with E-state index in [0.29, 0.717) is 23.3 Å². The zero-order valence-corrected chi connectivity index (χ0v) is 11.7. The molecule has 6 nitrogen and oxygen atoms in total. The molecule has 2 heterocycles. The molecule has 0 unspecified atom stereocenters. The van der Waals surface area contributed by atoms with Crippen molar-refractivity contribution in [3.8, 4) is 11.6 Å². The van der Waals surface area contributed by atoms with Crippen molar-refractivity contribution >= 4 is 5.82 Å². The summed E-state index contributed by atoms with van der Waals surface area (Å²) in [4.78, 5) is 8.62. The molecule has 0 fully saturated rings. The van der Waals surface area contributed by atoms with Crippen molar-refractivity contribution in [1.29, 1.82) is 0 Å². The number of ether oxygens (including phenoxy) is 1. The number of hydrogen-bond donors (Lipinski definition) is 1. The molecular weight excluding hydrogens is 242 g/mol. The van der Waals surface area contributed by atoms with Gasteiger partial charge in [-0.1, -0.05) is 20.8 Å². The van der Waals surface area contributed by atoms with Crippen molar-refractivity contribution in [1.82, 2.24) is 19.7 Å². The van der Waals surface area contributed by atoms with E-state index >= 15 is 0 Å². The summed E-state index contributed by atoms with van der Waals surface area (Å²) >= 11 is 0. The Bertz CT molecular complexity index is 571. The normalized spacial score (nSPS) is 11.6. The van der Waals surface area contributed by atoms with E-state index in [9.17, 15) is 0 Å². The topological polar surface area (TPSA) is 78.9 Å². The highest BCUT2D eigenvalue weighted by Crippen LogP contribution is 2.25. The third-order valence-electron chi connectivity index (χ3n) is 2.55. The van der Waals surface area contributed by atoms with Crippen molar-refractivity contribution in [3.05, 3.63) is 24.3 Å². The molecule has 0 radical (unpaired) electrons. The van der Waals surface area contributed by atoms with Crippen LogP contribution in [0.15, 0.2) is 18.5 Å². The van der Waals surface area contributed by atoms with Crippen LogP contribution in [0.25, 0.3) is 0 Å². The Morgan fingerprint density at radius 1 is 1.32 bits per heavy atom. The lowest BCUT2D eigenvalue weighted by Crippen LogP contribution is -2.17. The number of nitrogens with zero attached hydrogens (tertiary/aromatic N) is 4. The Labute approximate surface area is 112 Å². The van der Waals surface area contributed by atoms with Crippen LogP contribution in [-0.4, -0.2) is 19.7 Å². The van der Waals surface area contributed by atoms with Crippen LogP contribution in [0.4, 0.5) is 5.82 Å². The monoisotopic (exact) mass is 261 g/mol. The number of nitrogens with two attached hydrogens (primary N) is 1. The summed E-state index contributed by atoms with van der Waals surface area (Å²) in [5, 5.41) is 4.14. The van der Waals surface area contributed by atoms with Crippen molar-refractivity contribution in [3.63, 3.8) is 0 Å². The fourth-order valence-corrected chi connectivity index (χ4v) is 1.52. The summed E-state index contributed by atoms with van der Waals surface area (Å²) in [6, 6.07) is 1.61. The molecule has 0 bridgehead atoms. The summed E-state index contributed by atoms with van der Waals surface area (Å²) in [5.74, 6) is 2.14. The molecule has 6 heteroatoms. The van der Waals surface area contributed by atoms with Crippen molar-refractivity contribution in [2.75, 3.05) is 5.73 Å². The Kier molecular flexibility index (Phi) is 3.42. The molecule has 2 aromatic heterocycles. The second-order valence-electron chi connectivity index (χ2n) is 5.34. The van der Waals surface area contributed by atoms with E-state index in [2.05, 4.69) is 15.1 Å². The second kappa shape index (κ2) is 4.87. The third kappa shape index (κ3) is 3.21. The van der Waals surface area contributed by atoms with E-state index in [1.54, 1.807) is 16.9 Å². The number of rotatable bonds is 3. The van der Waals surface area contributed by atoms with Crippen molar-refractivity contribution in [2.45, 2.75) is 39.7 Å². The largest absolute Gasteiger partial charge is 0.436 e. The number of aromatic nitrogens is 4. The minimum absolute atomic E-state index is 0.179. The summed E-state index contributed by atoms with van der Waals surface area (Å²) < 4.78 is 7.45. The maximum atomic E-state index is 5.79. The minimum Gasteiger partial charge on any atom is -0.436 e. The molecule has 0 saturated carbocycles. The average molecular weight is 261 g/mol. The first-order chi connectivity index (χ1) is 8.88. The van der Waals surface area contributed by atoms with E-state index < -0.39 is 0 Å². The summed E-state index contributed by atoms with van der Waals surface area (Å²) in [6.07, 6.45) is 3.47. The predicted molar refractivity (Wildman–Crippen MR) is 73.1 cm³/mol. The lowest BCUT2D eigenvalue weighted by atomic mass is 9.96. The Balaban J connectivity index is 2.27. The van der Waals surface area contributed by atoms with Crippen LogP contribution in [-0.2, 0) is 12.0 Å². The molecule has 19 heavy (non-hydrogen) atoms. The highest BCUT2D eigenvalue weighted by Gasteiger charge is 2.19. The molecule has 2 N–H and O–H groups in total. The fourth-order valence-electron chi connectivity index (χ4n) is 1.52. The molecule has 0 saturated heterocycles. The summed E-state index contributed by atoms with van der Waals surface area (Å²) in [6.45, 7) is 8.89. The van der Waals surface area contributed by atoms with Gasteiger partial charge in [-0.15, -0.1) is 0 Å². The zero-order chi connectivity index (χ0) is 14.0. The average Bonchev–Trinajstić information content (AvgIpc) is 2.75. The molecule has 0 aliphatic rings. The van der Waals surface area contributed by atoms with Crippen LogP contribution < -0.4 is 10.5 Å². The number of anilines is 1. The smallest absolute Gasteiger partial charge is 0.224 e. The molecule has 2 aromatic rings.